The van der Waals surface area contributed by atoms with Crippen molar-refractivity contribution in [3.05, 3.63) is 23.0 Å². The number of carbonyl (C=O) groups excluding carboxylic acids is 1. The Labute approximate surface area is 90.3 Å². The van der Waals surface area contributed by atoms with E-state index in [9.17, 15) is 4.79 Å². The highest BCUT2D eigenvalue weighted by atomic mass is 16.1. The van der Waals surface area contributed by atoms with Gasteiger partial charge >= 0.3 is 0 Å². The predicted molar refractivity (Wildman–Crippen MR) is 60.1 cm³/mol. The van der Waals surface area contributed by atoms with Gasteiger partial charge in [0.15, 0.2) is 0 Å². The number of aryl methyl sites for hydroxylation is 2. The van der Waals surface area contributed by atoms with Crippen molar-refractivity contribution in [3.8, 4) is 0 Å². The van der Waals surface area contributed by atoms with Gasteiger partial charge in [-0.25, -0.2) is 0 Å². The summed E-state index contributed by atoms with van der Waals surface area (Å²) in [6, 6.07) is 2.01. The van der Waals surface area contributed by atoms with Crippen LogP contribution in [0.15, 0.2) is 6.07 Å². The lowest BCUT2D eigenvalue weighted by Gasteiger charge is -2.08. The highest BCUT2D eigenvalue weighted by molar-refractivity contribution is 5.92. The Bertz CT molecular complexity index is 331. The van der Waals surface area contributed by atoms with Gasteiger partial charge in [0.1, 0.15) is 5.69 Å². The minimum atomic E-state index is 0.0336. The SMILES string of the molecule is CCCNC(=O)c1cc2c([nH]1)CCCC2. The number of aromatic nitrogens is 1. The first kappa shape index (κ1) is 10.3. The molecule has 1 amide bonds. The number of fused-ring (bicyclic) bond motifs is 1. The zero-order valence-corrected chi connectivity index (χ0v) is 9.23. The lowest BCUT2D eigenvalue weighted by molar-refractivity contribution is 0.0949. The normalized spacial score (nSPS) is 14.7. The largest absolute Gasteiger partial charge is 0.354 e. The van der Waals surface area contributed by atoms with Gasteiger partial charge in [-0.3, -0.25) is 4.79 Å². The van der Waals surface area contributed by atoms with E-state index in [1.54, 1.807) is 0 Å². The molecule has 1 heterocycles. The fourth-order valence-electron chi connectivity index (χ4n) is 2.06. The Morgan fingerprint density at radius 2 is 2.27 bits per heavy atom. The molecule has 2 rings (SSSR count). The summed E-state index contributed by atoms with van der Waals surface area (Å²) in [6.07, 6.45) is 5.68. The Kier molecular flexibility index (Phi) is 3.09. The maximum Gasteiger partial charge on any atom is 0.267 e. The first-order chi connectivity index (χ1) is 7.31. The van der Waals surface area contributed by atoms with Crippen molar-refractivity contribution in [2.75, 3.05) is 6.54 Å². The van der Waals surface area contributed by atoms with E-state index in [0.29, 0.717) is 0 Å². The van der Waals surface area contributed by atoms with E-state index in [1.165, 1.54) is 24.1 Å². The van der Waals surface area contributed by atoms with Crippen molar-refractivity contribution < 1.29 is 4.79 Å². The summed E-state index contributed by atoms with van der Waals surface area (Å²) in [5.74, 6) is 0.0336. The van der Waals surface area contributed by atoms with Crippen LogP contribution in [-0.2, 0) is 12.8 Å². The quantitative estimate of drug-likeness (QED) is 0.781. The molecule has 0 saturated heterocycles. The lowest BCUT2D eigenvalue weighted by atomic mass is 9.98. The van der Waals surface area contributed by atoms with E-state index in [1.807, 2.05) is 6.07 Å². The van der Waals surface area contributed by atoms with Crippen LogP contribution in [0.25, 0.3) is 0 Å². The number of carbonyl (C=O) groups is 1. The molecule has 0 aliphatic heterocycles. The van der Waals surface area contributed by atoms with Crippen LogP contribution in [-0.4, -0.2) is 17.4 Å². The third-order valence-electron chi connectivity index (χ3n) is 2.89. The van der Waals surface area contributed by atoms with Gasteiger partial charge in [-0.1, -0.05) is 6.92 Å². The smallest absolute Gasteiger partial charge is 0.267 e. The molecule has 3 nitrogen and oxygen atoms in total. The summed E-state index contributed by atoms with van der Waals surface area (Å²) < 4.78 is 0. The Morgan fingerprint density at radius 3 is 3.00 bits per heavy atom. The molecular formula is C12H18N2O. The highest BCUT2D eigenvalue weighted by Gasteiger charge is 2.15. The number of hydrogen-bond donors (Lipinski definition) is 2. The maximum atomic E-state index is 11.7. The van der Waals surface area contributed by atoms with Gasteiger partial charge in [-0.15, -0.1) is 0 Å². The lowest BCUT2D eigenvalue weighted by Crippen LogP contribution is -2.24. The van der Waals surface area contributed by atoms with Crippen molar-refractivity contribution in [1.29, 1.82) is 0 Å². The molecule has 15 heavy (non-hydrogen) atoms. The molecule has 1 aromatic rings. The molecule has 0 bridgehead atoms. The van der Waals surface area contributed by atoms with Crippen molar-refractivity contribution in [2.24, 2.45) is 0 Å². The zero-order chi connectivity index (χ0) is 10.7. The summed E-state index contributed by atoms with van der Waals surface area (Å²) in [4.78, 5) is 14.9. The number of hydrogen-bond acceptors (Lipinski definition) is 1. The summed E-state index contributed by atoms with van der Waals surface area (Å²) in [5, 5.41) is 2.89. The summed E-state index contributed by atoms with van der Waals surface area (Å²) in [6.45, 7) is 2.81. The van der Waals surface area contributed by atoms with Crippen LogP contribution in [0.5, 0.6) is 0 Å². The molecule has 0 atom stereocenters. The molecule has 0 aromatic carbocycles. The maximum absolute atomic E-state index is 11.7. The minimum Gasteiger partial charge on any atom is -0.354 e. The second-order valence-corrected chi connectivity index (χ2v) is 4.15. The van der Waals surface area contributed by atoms with E-state index in [-0.39, 0.29) is 5.91 Å². The molecule has 82 valence electrons. The van der Waals surface area contributed by atoms with Gasteiger partial charge in [0.2, 0.25) is 0 Å². The van der Waals surface area contributed by atoms with E-state index in [2.05, 4.69) is 17.2 Å². The molecule has 1 aromatic heterocycles. The molecule has 1 aliphatic rings. The van der Waals surface area contributed by atoms with E-state index in [4.69, 9.17) is 0 Å². The molecule has 1 aliphatic carbocycles. The highest BCUT2D eigenvalue weighted by Crippen LogP contribution is 2.21. The van der Waals surface area contributed by atoms with Crippen molar-refractivity contribution in [1.82, 2.24) is 10.3 Å². The predicted octanol–water partition coefficient (Wildman–Crippen LogP) is 2.03. The second-order valence-electron chi connectivity index (χ2n) is 4.15. The average Bonchev–Trinajstić information content (AvgIpc) is 2.69. The van der Waals surface area contributed by atoms with E-state index in [0.717, 1.165) is 31.5 Å². The Morgan fingerprint density at radius 1 is 1.47 bits per heavy atom. The van der Waals surface area contributed by atoms with Crippen LogP contribution in [0.4, 0.5) is 0 Å². The van der Waals surface area contributed by atoms with Gasteiger partial charge in [-0.2, -0.15) is 0 Å². The molecule has 0 saturated carbocycles. The number of amides is 1. The van der Waals surface area contributed by atoms with E-state index < -0.39 is 0 Å². The molecule has 0 unspecified atom stereocenters. The molecule has 0 radical (unpaired) electrons. The molecule has 0 spiro atoms. The fraction of sp³-hybridized carbons (Fsp3) is 0.583. The van der Waals surface area contributed by atoms with Gasteiger partial charge in [-0.05, 0) is 43.7 Å². The van der Waals surface area contributed by atoms with Crippen LogP contribution in [0.1, 0.15) is 47.9 Å². The van der Waals surface area contributed by atoms with Crippen molar-refractivity contribution in [3.63, 3.8) is 0 Å². The van der Waals surface area contributed by atoms with Crippen LogP contribution < -0.4 is 5.32 Å². The van der Waals surface area contributed by atoms with Gasteiger partial charge in [0.05, 0.1) is 0 Å². The molecule has 3 heteroatoms. The van der Waals surface area contributed by atoms with Gasteiger partial charge in [0, 0.05) is 12.2 Å². The van der Waals surface area contributed by atoms with Crippen molar-refractivity contribution in [2.45, 2.75) is 39.0 Å². The topological polar surface area (TPSA) is 44.9 Å². The Hall–Kier alpha value is -1.25. The molecular weight excluding hydrogens is 188 g/mol. The minimum absolute atomic E-state index is 0.0336. The van der Waals surface area contributed by atoms with Crippen LogP contribution in [0, 0.1) is 0 Å². The summed E-state index contributed by atoms with van der Waals surface area (Å²) in [5.41, 5.74) is 3.33. The Balaban J connectivity index is 2.08. The fourth-order valence-corrected chi connectivity index (χ4v) is 2.06. The van der Waals surface area contributed by atoms with Crippen LogP contribution in [0.2, 0.25) is 0 Å². The monoisotopic (exact) mass is 206 g/mol. The average molecular weight is 206 g/mol. The van der Waals surface area contributed by atoms with Crippen molar-refractivity contribution >= 4 is 5.91 Å². The number of H-pyrrole nitrogens is 1. The first-order valence-corrected chi connectivity index (χ1v) is 5.80. The number of aromatic amines is 1. The molecule has 2 N–H and O–H groups in total. The number of rotatable bonds is 3. The summed E-state index contributed by atoms with van der Waals surface area (Å²) in [7, 11) is 0. The zero-order valence-electron chi connectivity index (χ0n) is 9.23. The van der Waals surface area contributed by atoms with Gasteiger partial charge < -0.3 is 10.3 Å². The second kappa shape index (κ2) is 4.51. The standard InChI is InChI=1S/C12H18N2O/c1-2-7-13-12(15)11-8-9-5-3-4-6-10(9)14-11/h8,14H,2-7H2,1H3,(H,13,15). The first-order valence-electron chi connectivity index (χ1n) is 5.80. The van der Waals surface area contributed by atoms with Gasteiger partial charge in [0.25, 0.3) is 5.91 Å². The third-order valence-corrected chi connectivity index (χ3v) is 2.89. The van der Waals surface area contributed by atoms with Crippen LogP contribution >= 0.6 is 0 Å². The van der Waals surface area contributed by atoms with E-state index >= 15 is 0 Å². The summed E-state index contributed by atoms with van der Waals surface area (Å²) >= 11 is 0. The third kappa shape index (κ3) is 2.22. The van der Waals surface area contributed by atoms with Crippen LogP contribution in [0.3, 0.4) is 0 Å². The number of nitrogens with one attached hydrogen (secondary N) is 2. The molecule has 0 fully saturated rings.